The summed E-state index contributed by atoms with van der Waals surface area (Å²) in [7, 11) is 0. The first-order chi connectivity index (χ1) is 14.7. The maximum atomic E-state index is 14.0. The number of rotatable bonds is 2. The van der Waals surface area contributed by atoms with Crippen LogP contribution in [0.25, 0.3) is 22.2 Å². The minimum absolute atomic E-state index is 0.00894. The van der Waals surface area contributed by atoms with Crippen molar-refractivity contribution in [3.63, 3.8) is 0 Å². The predicted molar refractivity (Wildman–Crippen MR) is 114 cm³/mol. The van der Waals surface area contributed by atoms with Gasteiger partial charge in [-0.05, 0) is 53.6 Å². The fourth-order valence-corrected chi connectivity index (χ4v) is 4.32. The molecule has 1 aliphatic heterocycles. The molecule has 2 unspecified atom stereocenters. The van der Waals surface area contributed by atoms with E-state index in [1.54, 1.807) is 6.07 Å². The van der Waals surface area contributed by atoms with E-state index >= 15 is 0 Å². The Hall–Kier alpha value is -3.40. The topological polar surface area (TPSA) is 90.4 Å². The van der Waals surface area contributed by atoms with Gasteiger partial charge in [0.05, 0.1) is 5.56 Å². The Labute approximate surface area is 179 Å². The van der Waals surface area contributed by atoms with E-state index < -0.39 is 11.9 Å². The van der Waals surface area contributed by atoms with Crippen molar-refractivity contribution in [1.82, 2.24) is 9.88 Å². The molecular weight excluding hydrogens is 397 g/mol. The van der Waals surface area contributed by atoms with E-state index in [0.717, 1.165) is 5.56 Å². The molecule has 1 amide bonds. The number of carboxylic acid groups (broad SMARTS) is 1. The van der Waals surface area contributed by atoms with Crippen molar-refractivity contribution in [3.8, 4) is 17.2 Å². The average molecular weight is 421 g/mol. The summed E-state index contributed by atoms with van der Waals surface area (Å²) in [5, 5.41) is 18.5. The molecule has 31 heavy (non-hydrogen) atoms. The first kappa shape index (κ1) is 20.9. The molecule has 0 saturated carbocycles. The summed E-state index contributed by atoms with van der Waals surface area (Å²) in [5.74, 6) is 0.0832. The van der Waals surface area contributed by atoms with Gasteiger partial charge in [-0.15, -0.1) is 0 Å². The largest absolute Gasteiger partial charge is 0.465 e. The molecule has 1 aromatic heterocycles. The van der Waals surface area contributed by atoms with E-state index in [9.17, 15) is 14.3 Å². The number of piperidine rings is 1. The van der Waals surface area contributed by atoms with Crippen LogP contribution < -0.4 is 0 Å². The Morgan fingerprint density at radius 1 is 1.26 bits per heavy atom. The van der Waals surface area contributed by atoms with Crippen LogP contribution in [-0.4, -0.2) is 33.7 Å². The number of nitriles is 1. The second-order valence-electron chi connectivity index (χ2n) is 9.12. The highest BCUT2D eigenvalue weighted by Crippen LogP contribution is 2.39. The van der Waals surface area contributed by atoms with Gasteiger partial charge < -0.3 is 14.4 Å². The molecule has 7 heteroatoms. The Morgan fingerprint density at radius 2 is 1.97 bits per heavy atom. The third kappa shape index (κ3) is 3.98. The van der Waals surface area contributed by atoms with Gasteiger partial charge in [0.2, 0.25) is 0 Å². The number of likely N-dealkylation sites (tertiary alicyclic amines) is 1. The van der Waals surface area contributed by atoms with E-state index in [0.29, 0.717) is 41.9 Å². The molecule has 1 N–H and O–H groups in total. The quantitative estimate of drug-likeness (QED) is 0.567. The van der Waals surface area contributed by atoms with E-state index in [2.05, 4.69) is 4.98 Å². The summed E-state index contributed by atoms with van der Waals surface area (Å²) in [5.41, 5.74) is 2.56. The lowest BCUT2D eigenvalue weighted by molar-refractivity contribution is 0.0494. The smallest absolute Gasteiger partial charge is 0.407 e. The number of benzene rings is 2. The zero-order chi connectivity index (χ0) is 22.3. The zero-order valence-corrected chi connectivity index (χ0v) is 17.7. The van der Waals surface area contributed by atoms with Gasteiger partial charge >= 0.3 is 6.09 Å². The molecule has 0 bridgehead atoms. The van der Waals surface area contributed by atoms with Crippen LogP contribution in [-0.2, 0) is 0 Å². The maximum absolute atomic E-state index is 14.0. The molecule has 2 heterocycles. The van der Waals surface area contributed by atoms with Gasteiger partial charge in [0.1, 0.15) is 17.4 Å². The van der Waals surface area contributed by atoms with Gasteiger partial charge in [0.25, 0.3) is 0 Å². The van der Waals surface area contributed by atoms with E-state index in [1.165, 1.54) is 17.0 Å². The van der Waals surface area contributed by atoms with Gasteiger partial charge in [-0.25, -0.2) is 14.2 Å². The second kappa shape index (κ2) is 7.69. The molecule has 0 radical (unpaired) electrons. The lowest BCUT2D eigenvalue weighted by Gasteiger charge is -2.43. The van der Waals surface area contributed by atoms with E-state index in [4.69, 9.17) is 9.68 Å². The summed E-state index contributed by atoms with van der Waals surface area (Å²) in [4.78, 5) is 17.9. The number of carbonyl (C=O) groups is 1. The normalized spacial score (nSPS) is 19.4. The third-order valence-corrected chi connectivity index (χ3v) is 6.02. The highest BCUT2D eigenvalue weighted by atomic mass is 19.1. The molecule has 6 nitrogen and oxygen atoms in total. The summed E-state index contributed by atoms with van der Waals surface area (Å²) < 4.78 is 20.0. The maximum Gasteiger partial charge on any atom is 0.407 e. The number of aromatic nitrogens is 1. The predicted octanol–water partition coefficient (Wildman–Crippen LogP) is 5.78. The summed E-state index contributed by atoms with van der Waals surface area (Å²) in [6.45, 7) is 6.58. The van der Waals surface area contributed by atoms with Crippen molar-refractivity contribution >= 4 is 17.2 Å². The van der Waals surface area contributed by atoms with Crippen LogP contribution >= 0.6 is 0 Å². The number of amides is 1. The zero-order valence-electron chi connectivity index (χ0n) is 17.7. The molecule has 4 rings (SSSR count). The Morgan fingerprint density at radius 3 is 2.61 bits per heavy atom. The highest BCUT2D eigenvalue weighted by molar-refractivity contribution is 5.80. The summed E-state index contributed by atoms with van der Waals surface area (Å²) >= 11 is 0. The molecule has 0 aliphatic carbocycles. The van der Waals surface area contributed by atoms with Crippen LogP contribution in [0.2, 0.25) is 0 Å². The SMILES string of the molecule is CC(C)(C)C1CC(c2nc3cc(-c4ccc(C#N)c(F)c4)ccc3o2)CCN1C(=O)O. The van der Waals surface area contributed by atoms with Crippen molar-refractivity contribution in [2.45, 2.75) is 45.6 Å². The van der Waals surface area contributed by atoms with E-state index in [1.807, 2.05) is 45.0 Å². The number of hydrogen-bond acceptors (Lipinski definition) is 4. The first-order valence-electron chi connectivity index (χ1n) is 10.3. The van der Waals surface area contributed by atoms with Crippen molar-refractivity contribution in [1.29, 1.82) is 5.26 Å². The molecule has 2 aromatic carbocycles. The van der Waals surface area contributed by atoms with Gasteiger partial charge in [0.15, 0.2) is 11.5 Å². The monoisotopic (exact) mass is 421 g/mol. The van der Waals surface area contributed by atoms with Crippen LogP contribution in [0.3, 0.4) is 0 Å². The standard InChI is InChI=1S/C24H24FN3O3/c1-24(2,3)21-12-16(8-9-28(21)23(29)30)22-27-19-11-15(6-7-20(19)31-22)14-4-5-17(13-26)18(25)10-14/h4-7,10-11,16,21H,8-9,12H2,1-3H3,(H,29,30). The minimum Gasteiger partial charge on any atom is -0.465 e. The Kier molecular flexibility index (Phi) is 5.18. The van der Waals surface area contributed by atoms with Crippen molar-refractivity contribution < 1.29 is 18.7 Å². The molecule has 1 fully saturated rings. The van der Waals surface area contributed by atoms with Gasteiger partial charge in [-0.3, -0.25) is 0 Å². The van der Waals surface area contributed by atoms with Crippen molar-refractivity contribution in [3.05, 3.63) is 53.7 Å². The second-order valence-corrected chi connectivity index (χ2v) is 9.12. The lowest BCUT2D eigenvalue weighted by Crippen LogP contribution is -2.51. The van der Waals surface area contributed by atoms with Crippen LogP contribution in [0.15, 0.2) is 40.8 Å². The number of oxazole rings is 1. The first-order valence-corrected chi connectivity index (χ1v) is 10.3. The molecular formula is C24H24FN3O3. The summed E-state index contributed by atoms with van der Waals surface area (Å²) in [6.07, 6.45) is 0.408. The van der Waals surface area contributed by atoms with Gasteiger partial charge in [-0.1, -0.05) is 32.9 Å². The summed E-state index contributed by atoms with van der Waals surface area (Å²) in [6, 6.07) is 11.7. The number of hydrogen-bond donors (Lipinski definition) is 1. The van der Waals surface area contributed by atoms with Crippen LogP contribution in [0.1, 0.15) is 51.0 Å². The average Bonchev–Trinajstić information content (AvgIpc) is 3.16. The molecule has 2 atom stereocenters. The van der Waals surface area contributed by atoms with Gasteiger partial charge in [-0.2, -0.15) is 5.26 Å². The third-order valence-electron chi connectivity index (χ3n) is 6.02. The van der Waals surface area contributed by atoms with Crippen LogP contribution in [0.5, 0.6) is 0 Å². The molecule has 0 spiro atoms. The Balaban J connectivity index is 1.63. The lowest BCUT2D eigenvalue weighted by atomic mass is 9.77. The van der Waals surface area contributed by atoms with Gasteiger partial charge in [0, 0.05) is 18.5 Å². The van der Waals surface area contributed by atoms with Crippen LogP contribution in [0, 0.1) is 22.6 Å². The molecule has 1 saturated heterocycles. The fourth-order valence-electron chi connectivity index (χ4n) is 4.32. The van der Waals surface area contributed by atoms with Crippen molar-refractivity contribution in [2.24, 2.45) is 5.41 Å². The fraction of sp³-hybridized carbons (Fsp3) is 0.375. The van der Waals surface area contributed by atoms with Crippen LogP contribution in [0.4, 0.5) is 9.18 Å². The number of halogens is 1. The Bertz CT molecular complexity index is 1190. The highest BCUT2D eigenvalue weighted by Gasteiger charge is 2.40. The number of nitrogens with zero attached hydrogens (tertiary/aromatic N) is 3. The number of fused-ring (bicyclic) bond motifs is 1. The van der Waals surface area contributed by atoms with E-state index in [-0.39, 0.29) is 22.9 Å². The molecule has 160 valence electrons. The molecule has 3 aromatic rings. The minimum atomic E-state index is -0.893. The van der Waals surface area contributed by atoms with Crippen molar-refractivity contribution in [2.75, 3.05) is 6.54 Å². The molecule has 1 aliphatic rings.